The third kappa shape index (κ3) is 9.21. The van der Waals surface area contributed by atoms with Crippen LogP contribution >= 0.6 is 0 Å². The van der Waals surface area contributed by atoms with Crippen LogP contribution in [0.5, 0.6) is 0 Å². The maximum atomic E-state index is 11.3. The lowest BCUT2D eigenvalue weighted by atomic mass is 10.1. The first-order chi connectivity index (χ1) is 6.91. The van der Waals surface area contributed by atoms with E-state index in [0.717, 1.165) is 0 Å². The summed E-state index contributed by atoms with van der Waals surface area (Å²) in [5.74, 6) is -0.878. The Bertz CT molecular complexity index is 217. The lowest BCUT2D eigenvalue weighted by Crippen LogP contribution is -2.35. The number of carbonyl (C=O) groups is 2. The van der Waals surface area contributed by atoms with Crippen molar-refractivity contribution in [3.05, 3.63) is 0 Å². The van der Waals surface area contributed by atoms with Gasteiger partial charge in [0.15, 0.2) is 0 Å². The largest absolute Gasteiger partial charge is 0.481 e. The zero-order chi connectivity index (χ0) is 11.8. The number of rotatable bonds is 7. The highest BCUT2D eigenvalue weighted by molar-refractivity contribution is 5.76. The minimum atomic E-state index is -0.802. The zero-order valence-electron chi connectivity index (χ0n) is 9.32. The number of carbonyl (C=O) groups excluding carboxylic acids is 1. The van der Waals surface area contributed by atoms with Gasteiger partial charge in [-0.15, -0.1) is 0 Å². The Morgan fingerprint density at radius 3 is 2.47 bits per heavy atom. The van der Waals surface area contributed by atoms with Gasteiger partial charge in [0.05, 0.1) is 0 Å². The van der Waals surface area contributed by atoms with Crippen LogP contribution in [0.2, 0.25) is 0 Å². The molecule has 0 aromatic rings. The van der Waals surface area contributed by atoms with Gasteiger partial charge in [0.1, 0.15) is 0 Å². The maximum Gasteiger partial charge on any atom is 0.303 e. The summed E-state index contributed by atoms with van der Waals surface area (Å²) in [6.07, 6.45) is 1.71. The van der Waals surface area contributed by atoms with Crippen molar-refractivity contribution in [3.8, 4) is 0 Å². The second kappa shape index (κ2) is 7.23. The van der Waals surface area contributed by atoms with Crippen molar-refractivity contribution >= 4 is 11.9 Å². The predicted molar refractivity (Wildman–Crippen MR) is 57.4 cm³/mol. The Hall–Kier alpha value is -1.10. The molecule has 0 heterocycles. The molecular formula is C10H20N2O3. The molecule has 0 rings (SSSR count). The highest BCUT2D eigenvalue weighted by Crippen LogP contribution is 2.01. The fraction of sp³-hybridized carbons (Fsp3) is 0.800. The monoisotopic (exact) mass is 216 g/mol. The summed E-state index contributed by atoms with van der Waals surface area (Å²) in [6, 6.07) is -0.133. The Morgan fingerprint density at radius 2 is 2.00 bits per heavy atom. The van der Waals surface area contributed by atoms with Gasteiger partial charge >= 0.3 is 5.97 Å². The van der Waals surface area contributed by atoms with E-state index in [0.29, 0.717) is 19.3 Å². The first-order valence-electron chi connectivity index (χ1n) is 5.18. The molecule has 5 nitrogen and oxygen atoms in total. The molecule has 2 unspecified atom stereocenters. The van der Waals surface area contributed by atoms with Crippen molar-refractivity contribution in [2.75, 3.05) is 0 Å². The molecule has 5 heteroatoms. The second-order valence-electron chi connectivity index (χ2n) is 3.94. The molecular weight excluding hydrogens is 196 g/mol. The topological polar surface area (TPSA) is 92.4 Å². The second-order valence-corrected chi connectivity index (χ2v) is 3.94. The van der Waals surface area contributed by atoms with Crippen molar-refractivity contribution in [1.29, 1.82) is 0 Å². The first-order valence-corrected chi connectivity index (χ1v) is 5.18. The molecule has 2 atom stereocenters. The molecule has 0 aromatic carbocycles. The van der Waals surface area contributed by atoms with Gasteiger partial charge in [-0.3, -0.25) is 9.59 Å². The van der Waals surface area contributed by atoms with Crippen LogP contribution in [0.3, 0.4) is 0 Å². The van der Waals surface area contributed by atoms with Gasteiger partial charge in [-0.1, -0.05) is 0 Å². The van der Waals surface area contributed by atoms with Gasteiger partial charge in [0, 0.05) is 24.9 Å². The maximum absolute atomic E-state index is 11.3. The Balaban J connectivity index is 3.59. The molecule has 0 bridgehead atoms. The van der Waals surface area contributed by atoms with Crippen molar-refractivity contribution in [1.82, 2.24) is 5.32 Å². The molecule has 4 N–H and O–H groups in total. The summed E-state index contributed by atoms with van der Waals surface area (Å²) in [7, 11) is 0. The molecule has 0 saturated carbocycles. The van der Waals surface area contributed by atoms with Crippen molar-refractivity contribution in [2.24, 2.45) is 5.73 Å². The number of hydrogen-bond donors (Lipinski definition) is 3. The van der Waals surface area contributed by atoms with Crippen molar-refractivity contribution in [3.63, 3.8) is 0 Å². The van der Waals surface area contributed by atoms with E-state index in [1.54, 1.807) is 6.92 Å². The highest BCUT2D eigenvalue weighted by atomic mass is 16.4. The minimum Gasteiger partial charge on any atom is -0.481 e. The van der Waals surface area contributed by atoms with E-state index in [9.17, 15) is 9.59 Å². The number of carboxylic acids is 1. The predicted octanol–water partition coefficient (Wildman–Crippen LogP) is 0.483. The lowest BCUT2D eigenvalue weighted by Gasteiger charge is -2.14. The quantitative estimate of drug-likeness (QED) is 0.577. The minimum absolute atomic E-state index is 0.00981. The van der Waals surface area contributed by atoms with Crippen molar-refractivity contribution in [2.45, 2.75) is 51.6 Å². The highest BCUT2D eigenvalue weighted by Gasteiger charge is 2.09. The zero-order valence-corrected chi connectivity index (χ0v) is 9.32. The Morgan fingerprint density at radius 1 is 1.40 bits per heavy atom. The summed E-state index contributed by atoms with van der Waals surface area (Å²) >= 11 is 0. The molecule has 0 aromatic heterocycles. The molecule has 0 spiro atoms. The van der Waals surface area contributed by atoms with E-state index in [1.807, 2.05) is 6.92 Å². The SMILES string of the molecule is CC(N)CC(=O)NC(C)CCCC(=O)O. The summed E-state index contributed by atoms with van der Waals surface area (Å²) in [5.41, 5.74) is 5.47. The van der Waals surface area contributed by atoms with E-state index >= 15 is 0 Å². The standard InChI is InChI=1S/C10H20N2O3/c1-7(11)6-9(13)12-8(2)4-3-5-10(14)15/h7-8H,3-6,11H2,1-2H3,(H,12,13)(H,14,15). The molecule has 0 radical (unpaired) electrons. The summed E-state index contributed by atoms with van der Waals surface area (Å²) in [4.78, 5) is 21.5. The van der Waals surface area contributed by atoms with Crippen LogP contribution in [0, 0.1) is 0 Å². The molecule has 1 amide bonds. The molecule has 15 heavy (non-hydrogen) atoms. The Kier molecular flexibility index (Phi) is 6.70. The first kappa shape index (κ1) is 13.9. The summed E-state index contributed by atoms with van der Waals surface area (Å²) in [5, 5.41) is 11.2. The van der Waals surface area contributed by atoms with Crippen LogP contribution in [0.1, 0.15) is 39.5 Å². The van der Waals surface area contributed by atoms with E-state index in [1.165, 1.54) is 0 Å². The van der Waals surface area contributed by atoms with Crippen molar-refractivity contribution < 1.29 is 14.7 Å². The fourth-order valence-corrected chi connectivity index (χ4v) is 1.26. The van der Waals surface area contributed by atoms with E-state index < -0.39 is 5.97 Å². The average molecular weight is 216 g/mol. The molecule has 0 aliphatic carbocycles. The molecule has 0 aliphatic rings. The van der Waals surface area contributed by atoms with E-state index in [-0.39, 0.29) is 24.4 Å². The van der Waals surface area contributed by atoms with Gasteiger partial charge in [0.25, 0.3) is 0 Å². The van der Waals surface area contributed by atoms with Gasteiger partial charge in [-0.25, -0.2) is 0 Å². The van der Waals surface area contributed by atoms with Crippen LogP contribution in [-0.2, 0) is 9.59 Å². The smallest absolute Gasteiger partial charge is 0.303 e. The normalized spacial score (nSPS) is 14.3. The third-order valence-corrected chi connectivity index (χ3v) is 1.94. The van der Waals surface area contributed by atoms with Gasteiger partial charge in [-0.05, 0) is 26.7 Å². The number of hydrogen-bond acceptors (Lipinski definition) is 3. The average Bonchev–Trinajstić information content (AvgIpc) is 2.00. The third-order valence-electron chi connectivity index (χ3n) is 1.94. The van der Waals surface area contributed by atoms with Crippen LogP contribution in [0.25, 0.3) is 0 Å². The number of amides is 1. The number of nitrogens with one attached hydrogen (secondary N) is 1. The van der Waals surface area contributed by atoms with Gasteiger partial charge < -0.3 is 16.2 Å². The van der Waals surface area contributed by atoms with Crippen LogP contribution < -0.4 is 11.1 Å². The molecule has 0 saturated heterocycles. The molecule has 88 valence electrons. The van der Waals surface area contributed by atoms with E-state index in [4.69, 9.17) is 10.8 Å². The van der Waals surface area contributed by atoms with Crippen LogP contribution in [0.15, 0.2) is 0 Å². The number of carboxylic acid groups (broad SMARTS) is 1. The molecule has 0 aliphatic heterocycles. The Labute approximate surface area is 90.0 Å². The fourth-order valence-electron chi connectivity index (χ4n) is 1.26. The van der Waals surface area contributed by atoms with Gasteiger partial charge in [0.2, 0.25) is 5.91 Å². The lowest BCUT2D eigenvalue weighted by molar-refractivity contribution is -0.137. The number of aliphatic carboxylic acids is 1. The van der Waals surface area contributed by atoms with Crippen LogP contribution in [-0.4, -0.2) is 29.1 Å². The number of nitrogens with two attached hydrogens (primary N) is 1. The van der Waals surface area contributed by atoms with Gasteiger partial charge in [-0.2, -0.15) is 0 Å². The summed E-state index contributed by atoms with van der Waals surface area (Å²) < 4.78 is 0. The van der Waals surface area contributed by atoms with Crippen LogP contribution in [0.4, 0.5) is 0 Å². The summed E-state index contributed by atoms with van der Waals surface area (Å²) in [6.45, 7) is 3.63. The van der Waals surface area contributed by atoms with E-state index in [2.05, 4.69) is 5.32 Å². The molecule has 0 fully saturated rings.